The molecule has 0 bridgehead atoms. The first-order chi connectivity index (χ1) is 9.62. The molecule has 0 spiro atoms. The Morgan fingerprint density at radius 1 is 1.15 bits per heavy atom. The number of esters is 1. The third kappa shape index (κ3) is 5.90. The minimum Gasteiger partial charge on any atom is -0.465 e. The summed E-state index contributed by atoms with van der Waals surface area (Å²) in [5, 5.41) is 0. The zero-order valence-electron chi connectivity index (χ0n) is 13.1. The number of nitrogens with zero attached hydrogens (tertiary/aromatic N) is 2. The van der Waals surface area contributed by atoms with Crippen molar-refractivity contribution in [2.75, 3.05) is 32.8 Å². The molecule has 0 aromatic rings. The summed E-state index contributed by atoms with van der Waals surface area (Å²) in [4.78, 5) is 27.5. The molecule has 0 aliphatic heterocycles. The molecule has 1 aliphatic rings. The molecule has 0 radical (unpaired) electrons. The molecule has 0 saturated heterocycles. The minimum atomic E-state index is -0.158. The fourth-order valence-electron chi connectivity index (χ4n) is 2.37. The SMILES string of the molecule is CCOC(=O)CN(CCCC(=O)N(CC)CC)C1CC1. The lowest BCUT2D eigenvalue weighted by molar-refractivity contribution is -0.144. The van der Waals surface area contributed by atoms with E-state index >= 15 is 0 Å². The lowest BCUT2D eigenvalue weighted by Gasteiger charge is -2.22. The van der Waals surface area contributed by atoms with Gasteiger partial charge in [0, 0.05) is 25.6 Å². The van der Waals surface area contributed by atoms with Gasteiger partial charge in [-0.3, -0.25) is 14.5 Å². The number of hydrogen-bond donors (Lipinski definition) is 0. The first-order valence-corrected chi connectivity index (χ1v) is 7.79. The van der Waals surface area contributed by atoms with Gasteiger partial charge in [-0.15, -0.1) is 0 Å². The third-order valence-corrected chi connectivity index (χ3v) is 3.65. The Labute approximate surface area is 122 Å². The smallest absolute Gasteiger partial charge is 0.320 e. The molecule has 0 aromatic heterocycles. The molecule has 1 saturated carbocycles. The third-order valence-electron chi connectivity index (χ3n) is 3.65. The second kappa shape index (κ2) is 8.95. The van der Waals surface area contributed by atoms with Crippen molar-refractivity contribution < 1.29 is 14.3 Å². The summed E-state index contributed by atoms with van der Waals surface area (Å²) in [6.45, 7) is 8.95. The maximum Gasteiger partial charge on any atom is 0.320 e. The maximum atomic E-state index is 11.9. The monoisotopic (exact) mass is 284 g/mol. The predicted octanol–water partition coefficient (Wildman–Crippen LogP) is 1.66. The first kappa shape index (κ1) is 17.0. The Balaban J connectivity index is 2.29. The van der Waals surface area contributed by atoms with E-state index in [-0.39, 0.29) is 11.9 Å². The van der Waals surface area contributed by atoms with Crippen LogP contribution in [0.4, 0.5) is 0 Å². The molecule has 116 valence electrons. The Bertz CT molecular complexity index is 312. The van der Waals surface area contributed by atoms with Crippen LogP contribution in [0, 0.1) is 0 Å². The Kier molecular flexibility index (Phi) is 7.59. The van der Waals surface area contributed by atoms with Crippen LogP contribution >= 0.6 is 0 Å². The van der Waals surface area contributed by atoms with Gasteiger partial charge in [-0.25, -0.2) is 0 Å². The topological polar surface area (TPSA) is 49.9 Å². The van der Waals surface area contributed by atoms with Crippen LogP contribution in [0.2, 0.25) is 0 Å². The van der Waals surface area contributed by atoms with Crippen LogP contribution in [0.5, 0.6) is 0 Å². The van der Waals surface area contributed by atoms with Gasteiger partial charge in [0.1, 0.15) is 0 Å². The van der Waals surface area contributed by atoms with Crippen LogP contribution in [0.15, 0.2) is 0 Å². The predicted molar refractivity (Wildman–Crippen MR) is 78.4 cm³/mol. The van der Waals surface area contributed by atoms with Gasteiger partial charge in [-0.05, 0) is 46.6 Å². The largest absolute Gasteiger partial charge is 0.465 e. The van der Waals surface area contributed by atoms with Crippen LogP contribution in [-0.4, -0.2) is 60.5 Å². The van der Waals surface area contributed by atoms with Crippen molar-refractivity contribution in [1.82, 2.24) is 9.80 Å². The van der Waals surface area contributed by atoms with E-state index in [0.29, 0.717) is 25.6 Å². The van der Waals surface area contributed by atoms with Gasteiger partial charge in [0.2, 0.25) is 5.91 Å². The molecule has 5 nitrogen and oxygen atoms in total. The molecule has 1 aliphatic carbocycles. The minimum absolute atomic E-state index is 0.158. The quantitative estimate of drug-likeness (QED) is 0.573. The highest BCUT2D eigenvalue weighted by Crippen LogP contribution is 2.26. The Morgan fingerprint density at radius 2 is 1.80 bits per heavy atom. The number of carbonyl (C=O) groups is 2. The van der Waals surface area contributed by atoms with E-state index in [1.165, 1.54) is 0 Å². The number of carbonyl (C=O) groups excluding carboxylic acids is 2. The average Bonchev–Trinajstić information content (AvgIpc) is 3.23. The molecule has 0 unspecified atom stereocenters. The van der Waals surface area contributed by atoms with Gasteiger partial charge in [-0.1, -0.05) is 0 Å². The molecule has 1 amide bonds. The standard InChI is InChI=1S/C15H28N2O3/c1-4-16(5-2)14(18)8-7-11-17(13-9-10-13)12-15(19)20-6-3/h13H,4-12H2,1-3H3. The molecule has 0 aromatic carbocycles. The van der Waals surface area contributed by atoms with Crippen molar-refractivity contribution >= 4 is 11.9 Å². The summed E-state index contributed by atoms with van der Waals surface area (Å²) < 4.78 is 4.99. The van der Waals surface area contributed by atoms with Crippen molar-refractivity contribution in [3.63, 3.8) is 0 Å². The van der Waals surface area contributed by atoms with Crippen LogP contribution in [0.3, 0.4) is 0 Å². The van der Waals surface area contributed by atoms with Crippen molar-refractivity contribution in [2.45, 2.75) is 52.5 Å². The summed E-state index contributed by atoms with van der Waals surface area (Å²) in [5.74, 6) is 0.0522. The van der Waals surface area contributed by atoms with E-state index in [9.17, 15) is 9.59 Å². The summed E-state index contributed by atoms with van der Waals surface area (Å²) >= 11 is 0. The summed E-state index contributed by atoms with van der Waals surface area (Å²) in [5.41, 5.74) is 0. The van der Waals surface area contributed by atoms with Gasteiger partial charge >= 0.3 is 5.97 Å². The lowest BCUT2D eigenvalue weighted by Crippen LogP contribution is -2.35. The lowest BCUT2D eigenvalue weighted by atomic mass is 10.2. The Morgan fingerprint density at radius 3 is 2.30 bits per heavy atom. The Hall–Kier alpha value is -1.10. The van der Waals surface area contributed by atoms with Gasteiger partial charge in [0.05, 0.1) is 13.2 Å². The highest BCUT2D eigenvalue weighted by Gasteiger charge is 2.30. The highest BCUT2D eigenvalue weighted by atomic mass is 16.5. The van der Waals surface area contributed by atoms with E-state index in [1.54, 1.807) is 0 Å². The van der Waals surface area contributed by atoms with Gasteiger partial charge in [0.15, 0.2) is 0 Å². The number of ether oxygens (including phenoxy) is 1. The average molecular weight is 284 g/mol. The van der Waals surface area contributed by atoms with E-state index < -0.39 is 0 Å². The molecule has 0 N–H and O–H groups in total. The second-order valence-electron chi connectivity index (χ2n) is 5.18. The van der Waals surface area contributed by atoms with E-state index in [1.807, 2.05) is 25.7 Å². The van der Waals surface area contributed by atoms with Gasteiger partial charge < -0.3 is 9.64 Å². The second-order valence-corrected chi connectivity index (χ2v) is 5.18. The van der Waals surface area contributed by atoms with Gasteiger partial charge in [0.25, 0.3) is 0 Å². The number of hydrogen-bond acceptors (Lipinski definition) is 4. The molecule has 1 rings (SSSR count). The fourth-order valence-corrected chi connectivity index (χ4v) is 2.37. The summed E-state index contributed by atoms with van der Waals surface area (Å²) in [7, 11) is 0. The van der Waals surface area contributed by atoms with Crippen molar-refractivity contribution in [3.05, 3.63) is 0 Å². The van der Waals surface area contributed by atoms with Crippen LogP contribution in [0.25, 0.3) is 0 Å². The highest BCUT2D eigenvalue weighted by molar-refractivity contribution is 5.76. The number of amides is 1. The molecule has 0 heterocycles. The number of rotatable bonds is 10. The normalized spacial score (nSPS) is 14.4. The summed E-state index contributed by atoms with van der Waals surface area (Å²) in [6.07, 6.45) is 3.69. The molecular formula is C15H28N2O3. The van der Waals surface area contributed by atoms with E-state index in [4.69, 9.17) is 4.74 Å². The maximum absolute atomic E-state index is 11.9. The zero-order valence-corrected chi connectivity index (χ0v) is 13.1. The van der Waals surface area contributed by atoms with Crippen LogP contribution < -0.4 is 0 Å². The fraction of sp³-hybridized carbons (Fsp3) is 0.867. The van der Waals surface area contributed by atoms with Gasteiger partial charge in [-0.2, -0.15) is 0 Å². The van der Waals surface area contributed by atoms with E-state index in [2.05, 4.69) is 4.90 Å². The van der Waals surface area contributed by atoms with Crippen molar-refractivity contribution in [2.24, 2.45) is 0 Å². The molecule has 5 heteroatoms. The van der Waals surface area contributed by atoms with Crippen molar-refractivity contribution in [1.29, 1.82) is 0 Å². The first-order valence-electron chi connectivity index (χ1n) is 7.79. The molecule has 0 atom stereocenters. The zero-order chi connectivity index (χ0) is 15.0. The van der Waals surface area contributed by atoms with Crippen LogP contribution in [-0.2, 0) is 14.3 Å². The summed E-state index contributed by atoms with van der Waals surface area (Å²) in [6, 6.07) is 0.517. The molecule has 20 heavy (non-hydrogen) atoms. The molecule has 1 fully saturated rings. The van der Waals surface area contributed by atoms with Crippen molar-refractivity contribution in [3.8, 4) is 0 Å². The van der Waals surface area contributed by atoms with Crippen LogP contribution in [0.1, 0.15) is 46.5 Å². The molecular weight excluding hydrogens is 256 g/mol. The van der Waals surface area contributed by atoms with E-state index in [0.717, 1.165) is 38.9 Å².